The van der Waals surface area contributed by atoms with Gasteiger partial charge in [0.2, 0.25) is 5.91 Å². The summed E-state index contributed by atoms with van der Waals surface area (Å²) < 4.78 is 1.89. The van der Waals surface area contributed by atoms with Gasteiger partial charge in [0.15, 0.2) is 10.3 Å². The predicted octanol–water partition coefficient (Wildman–Crippen LogP) is 4.70. The topological polar surface area (TPSA) is 72.7 Å². The van der Waals surface area contributed by atoms with Gasteiger partial charge in [0.25, 0.3) is 0 Å². The van der Waals surface area contributed by atoms with Crippen LogP contribution in [0.2, 0.25) is 0 Å². The van der Waals surface area contributed by atoms with E-state index in [2.05, 4.69) is 60.3 Å². The number of nitrogens with one attached hydrogen (secondary N) is 1. The SMILES string of the molecule is CC(C)c1ccc(-n2cnnc2SCC(=O)Nc2nc(C(C)C)cs2)cc1. The Morgan fingerprint density at radius 3 is 2.56 bits per heavy atom. The summed E-state index contributed by atoms with van der Waals surface area (Å²) in [6.45, 7) is 8.49. The van der Waals surface area contributed by atoms with Crippen LogP contribution in [0.1, 0.15) is 50.8 Å². The number of nitrogens with zero attached hydrogens (tertiary/aromatic N) is 4. The van der Waals surface area contributed by atoms with Gasteiger partial charge in [-0.1, -0.05) is 51.6 Å². The molecule has 0 aliphatic rings. The minimum absolute atomic E-state index is 0.102. The molecule has 6 nitrogen and oxygen atoms in total. The average Bonchev–Trinajstić information content (AvgIpc) is 3.29. The Balaban J connectivity index is 1.61. The number of anilines is 1. The number of amides is 1. The van der Waals surface area contributed by atoms with Gasteiger partial charge >= 0.3 is 0 Å². The molecule has 0 atom stereocenters. The number of carbonyl (C=O) groups excluding carboxylic acids is 1. The highest BCUT2D eigenvalue weighted by molar-refractivity contribution is 7.99. The first kappa shape index (κ1) is 19.6. The normalized spacial score (nSPS) is 11.3. The number of benzene rings is 1. The molecule has 3 rings (SSSR count). The van der Waals surface area contributed by atoms with Crippen LogP contribution >= 0.6 is 23.1 Å². The maximum atomic E-state index is 12.2. The Morgan fingerprint density at radius 1 is 1.19 bits per heavy atom. The number of hydrogen-bond donors (Lipinski definition) is 1. The van der Waals surface area contributed by atoms with Crippen LogP contribution in [0.25, 0.3) is 5.69 Å². The summed E-state index contributed by atoms with van der Waals surface area (Å²) in [7, 11) is 0. The molecule has 2 aromatic heterocycles. The van der Waals surface area contributed by atoms with Gasteiger partial charge in [-0.15, -0.1) is 21.5 Å². The highest BCUT2D eigenvalue weighted by Gasteiger charge is 2.13. The van der Waals surface area contributed by atoms with Crippen LogP contribution in [-0.2, 0) is 4.79 Å². The molecule has 1 N–H and O–H groups in total. The van der Waals surface area contributed by atoms with Crippen molar-refractivity contribution in [1.82, 2.24) is 19.7 Å². The summed E-state index contributed by atoms with van der Waals surface area (Å²) in [4.78, 5) is 16.7. The lowest BCUT2D eigenvalue weighted by Gasteiger charge is -2.09. The zero-order valence-corrected chi connectivity index (χ0v) is 17.5. The minimum Gasteiger partial charge on any atom is -0.301 e. The molecule has 0 radical (unpaired) electrons. The molecule has 142 valence electrons. The van der Waals surface area contributed by atoms with E-state index in [1.54, 1.807) is 6.33 Å². The summed E-state index contributed by atoms with van der Waals surface area (Å²) in [5.41, 5.74) is 3.26. The maximum absolute atomic E-state index is 12.2. The fourth-order valence-corrected chi connectivity index (χ4v) is 4.03. The molecule has 0 aliphatic heterocycles. The van der Waals surface area contributed by atoms with Crippen molar-refractivity contribution in [2.45, 2.75) is 44.7 Å². The van der Waals surface area contributed by atoms with E-state index in [0.717, 1.165) is 11.4 Å². The smallest absolute Gasteiger partial charge is 0.236 e. The summed E-state index contributed by atoms with van der Waals surface area (Å²) in [5, 5.41) is 14.3. The van der Waals surface area contributed by atoms with Crippen molar-refractivity contribution in [3.8, 4) is 5.69 Å². The van der Waals surface area contributed by atoms with Crippen LogP contribution in [0, 0.1) is 0 Å². The third-order valence-electron chi connectivity index (χ3n) is 4.05. The fourth-order valence-electron chi connectivity index (χ4n) is 2.41. The molecule has 1 aromatic carbocycles. The monoisotopic (exact) mass is 401 g/mol. The zero-order chi connectivity index (χ0) is 19.4. The number of carbonyl (C=O) groups is 1. The van der Waals surface area contributed by atoms with E-state index in [1.807, 2.05) is 22.1 Å². The molecule has 0 fully saturated rings. The van der Waals surface area contributed by atoms with E-state index < -0.39 is 0 Å². The van der Waals surface area contributed by atoms with Crippen LogP contribution in [0.3, 0.4) is 0 Å². The summed E-state index contributed by atoms with van der Waals surface area (Å²) >= 11 is 2.80. The molecule has 0 unspecified atom stereocenters. The lowest BCUT2D eigenvalue weighted by Crippen LogP contribution is -2.14. The molecule has 27 heavy (non-hydrogen) atoms. The zero-order valence-electron chi connectivity index (χ0n) is 15.8. The van der Waals surface area contributed by atoms with Gasteiger partial charge in [-0.2, -0.15) is 0 Å². The molecule has 8 heteroatoms. The van der Waals surface area contributed by atoms with E-state index in [-0.39, 0.29) is 11.7 Å². The molecule has 2 heterocycles. The Morgan fingerprint density at radius 2 is 1.93 bits per heavy atom. The molecule has 3 aromatic rings. The highest BCUT2D eigenvalue weighted by atomic mass is 32.2. The van der Waals surface area contributed by atoms with E-state index in [0.29, 0.717) is 22.1 Å². The van der Waals surface area contributed by atoms with Crippen molar-refractivity contribution >= 4 is 34.1 Å². The maximum Gasteiger partial charge on any atom is 0.236 e. The second-order valence-corrected chi connectivity index (χ2v) is 8.60. The van der Waals surface area contributed by atoms with E-state index in [1.165, 1.54) is 28.7 Å². The van der Waals surface area contributed by atoms with Crippen LogP contribution in [0.15, 0.2) is 41.1 Å². The third-order valence-corrected chi connectivity index (χ3v) is 5.77. The van der Waals surface area contributed by atoms with Crippen LogP contribution in [0.4, 0.5) is 5.13 Å². The van der Waals surface area contributed by atoms with Crippen molar-refractivity contribution in [2.75, 3.05) is 11.1 Å². The molecule has 0 spiro atoms. The lowest BCUT2D eigenvalue weighted by atomic mass is 10.0. The predicted molar refractivity (Wildman–Crippen MR) is 111 cm³/mol. The van der Waals surface area contributed by atoms with Gasteiger partial charge in [-0.25, -0.2) is 4.98 Å². The third kappa shape index (κ3) is 4.95. The molecule has 0 saturated carbocycles. The Bertz CT molecular complexity index is 899. The van der Waals surface area contributed by atoms with Gasteiger partial charge in [-0.3, -0.25) is 9.36 Å². The molecule has 1 amide bonds. The second kappa shape index (κ2) is 8.67. The first-order chi connectivity index (χ1) is 12.9. The van der Waals surface area contributed by atoms with Gasteiger partial charge in [0, 0.05) is 11.1 Å². The van der Waals surface area contributed by atoms with Crippen LogP contribution in [0.5, 0.6) is 0 Å². The van der Waals surface area contributed by atoms with E-state index in [4.69, 9.17) is 0 Å². The highest BCUT2D eigenvalue weighted by Crippen LogP contribution is 2.24. The number of thiazole rings is 1. The van der Waals surface area contributed by atoms with Crippen molar-refractivity contribution in [3.63, 3.8) is 0 Å². The first-order valence-corrected chi connectivity index (χ1v) is 10.7. The average molecular weight is 402 g/mol. The van der Waals surface area contributed by atoms with Gasteiger partial charge in [-0.05, 0) is 29.5 Å². The lowest BCUT2D eigenvalue weighted by molar-refractivity contribution is -0.113. The van der Waals surface area contributed by atoms with Crippen LogP contribution < -0.4 is 5.32 Å². The number of thioether (sulfide) groups is 1. The number of rotatable bonds is 7. The number of aromatic nitrogens is 4. The second-order valence-electron chi connectivity index (χ2n) is 6.80. The largest absolute Gasteiger partial charge is 0.301 e. The van der Waals surface area contributed by atoms with Crippen molar-refractivity contribution in [2.24, 2.45) is 0 Å². The Kier molecular flexibility index (Phi) is 6.28. The van der Waals surface area contributed by atoms with Gasteiger partial charge in [0.1, 0.15) is 6.33 Å². The molecule has 0 bridgehead atoms. The molecule has 0 saturated heterocycles. The van der Waals surface area contributed by atoms with Crippen LogP contribution in [-0.4, -0.2) is 31.4 Å². The number of hydrogen-bond acceptors (Lipinski definition) is 6. The van der Waals surface area contributed by atoms with Gasteiger partial charge < -0.3 is 5.32 Å². The first-order valence-electron chi connectivity index (χ1n) is 8.82. The summed E-state index contributed by atoms with van der Waals surface area (Å²) in [6.07, 6.45) is 1.67. The van der Waals surface area contributed by atoms with E-state index >= 15 is 0 Å². The fraction of sp³-hybridized carbons (Fsp3) is 0.368. The van der Waals surface area contributed by atoms with Crippen molar-refractivity contribution in [1.29, 1.82) is 0 Å². The molecular formula is C19H23N5OS2. The van der Waals surface area contributed by atoms with E-state index in [9.17, 15) is 4.79 Å². The standard InChI is InChI=1S/C19H23N5OS2/c1-12(2)14-5-7-15(8-6-14)24-11-20-23-19(24)27-10-17(25)22-18-21-16(9-26-18)13(3)4/h5-9,11-13H,10H2,1-4H3,(H,21,22,25). The summed E-state index contributed by atoms with van der Waals surface area (Å²) in [5.74, 6) is 0.982. The molecular weight excluding hydrogens is 378 g/mol. The quantitative estimate of drug-likeness (QED) is 0.581. The van der Waals surface area contributed by atoms with Crippen molar-refractivity contribution in [3.05, 3.63) is 47.2 Å². The van der Waals surface area contributed by atoms with Crippen molar-refractivity contribution < 1.29 is 4.79 Å². The minimum atomic E-state index is -0.102. The Labute approximate surface area is 167 Å². The molecule has 0 aliphatic carbocycles. The Hall–Kier alpha value is -2.19. The van der Waals surface area contributed by atoms with Gasteiger partial charge in [0.05, 0.1) is 11.4 Å². The summed E-state index contributed by atoms with van der Waals surface area (Å²) in [6, 6.07) is 8.31.